The maximum atomic E-state index is 5.93. The molecule has 0 unspecified atom stereocenters. The Morgan fingerprint density at radius 3 is 2.61 bits per heavy atom. The van der Waals surface area contributed by atoms with Crippen LogP contribution >= 0.6 is 31.9 Å². The Balaban J connectivity index is 2.12. The zero-order chi connectivity index (χ0) is 12.7. The van der Waals surface area contributed by atoms with Gasteiger partial charge in [-0.2, -0.15) is 0 Å². The van der Waals surface area contributed by atoms with Gasteiger partial charge < -0.3 is 5.73 Å². The average molecular weight is 370 g/mol. The Kier molecular flexibility index (Phi) is 3.07. The summed E-state index contributed by atoms with van der Waals surface area (Å²) in [5.41, 5.74) is 7.81. The largest absolute Gasteiger partial charge is 0.383 e. The number of nitrogen functional groups attached to an aromatic ring is 1. The van der Waals surface area contributed by atoms with Crippen LogP contribution < -0.4 is 5.73 Å². The lowest BCUT2D eigenvalue weighted by atomic mass is 10.2. The summed E-state index contributed by atoms with van der Waals surface area (Å²) in [7, 11) is 0. The summed E-state index contributed by atoms with van der Waals surface area (Å²) in [5, 5.41) is 0. The molecule has 0 bridgehead atoms. The number of aromatic nitrogens is 3. The van der Waals surface area contributed by atoms with Gasteiger partial charge in [0.2, 0.25) is 0 Å². The van der Waals surface area contributed by atoms with Gasteiger partial charge in [-0.05, 0) is 50.8 Å². The van der Waals surface area contributed by atoms with Gasteiger partial charge in [-0.15, -0.1) is 0 Å². The smallest absolute Gasteiger partial charge is 0.163 e. The minimum Gasteiger partial charge on any atom is -0.383 e. The first-order chi connectivity index (χ1) is 8.65. The maximum Gasteiger partial charge on any atom is 0.163 e. The fourth-order valence-corrected chi connectivity index (χ4v) is 2.64. The van der Waals surface area contributed by atoms with E-state index in [-0.39, 0.29) is 0 Å². The van der Waals surface area contributed by atoms with Gasteiger partial charge in [0.1, 0.15) is 5.82 Å². The fourth-order valence-electron chi connectivity index (χ4n) is 1.77. The molecule has 2 heterocycles. The highest BCUT2D eigenvalue weighted by Crippen LogP contribution is 2.43. The van der Waals surface area contributed by atoms with Gasteiger partial charge in [0, 0.05) is 28.3 Å². The summed E-state index contributed by atoms with van der Waals surface area (Å²) in [6, 6.07) is 1.94. The molecule has 4 nitrogen and oxygen atoms in total. The number of nitrogens with zero attached hydrogens (tertiary/aromatic N) is 3. The van der Waals surface area contributed by atoms with Gasteiger partial charge in [-0.1, -0.05) is 0 Å². The lowest BCUT2D eigenvalue weighted by Crippen LogP contribution is -2.02. The molecule has 6 heteroatoms. The molecule has 1 aliphatic rings. The second-order valence-electron chi connectivity index (χ2n) is 4.30. The second kappa shape index (κ2) is 4.59. The Morgan fingerprint density at radius 2 is 1.94 bits per heavy atom. The van der Waals surface area contributed by atoms with Crippen molar-refractivity contribution in [2.24, 2.45) is 0 Å². The highest BCUT2D eigenvalue weighted by Gasteiger charge is 2.29. The van der Waals surface area contributed by atoms with Crippen molar-refractivity contribution in [1.29, 1.82) is 0 Å². The number of hydrogen-bond acceptors (Lipinski definition) is 4. The van der Waals surface area contributed by atoms with E-state index < -0.39 is 0 Å². The summed E-state index contributed by atoms with van der Waals surface area (Å²) in [6.07, 6.45) is 5.81. The molecule has 92 valence electrons. The van der Waals surface area contributed by atoms with Crippen LogP contribution in [0.15, 0.2) is 27.4 Å². The van der Waals surface area contributed by atoms with Gasteiger partial charge in [-0.3, -0.25) is 4.98 Å². The normalized spacial score (nSPS) is 14.8. The summed E-state index contributed by atoms with van der Waals surface area (Å²) in [6.45, 7) is 0. The molecule has 18 heavy (non-hydrogen) atoms. The second-order valence-corrected chi connectivity index (χ2v) is 6.01. The van der Waals surface area contributed by atoms with E-state index in [9.17, 15) is 0 Å². The predicted molar refractivity (Wildman–Crippen MR) is 77.1 cm³/mol. The van der Waals surface area contributed by atoms with Crippen LogP contribution in [0.1, 0.15) is 24.5 Å². The number of halogens is 2. The molecule has 1 saturated carbocycles. The molecule has 0 aliphatic heterocycles. The van der Waals surface area contributed by atoms with Crippen molar-refractivity contribution in [1.82, 2.24) is 15.0 Å². The molecule has 0 atom stereocenters. The van der Waals surface area contributed by atoms with Gasteiger partial charge in [0.15, 0.2) is 5.82 Å². The first kappa shape index (κ1) is 12.0. The van der Waals surface area contributed by atoms with Crippen molar-refractivity contribution in [3.8, 4) is 11.4 Å². The van der Waals surface area contributed by atoms with Crippen LogP contribution in [0.5, 0.6) is 0 Å². The Morgan fingerprint density at radius 1 is 1.17 bits per heavy atom. The van der Waals surface area contributed by atoms with Crippen LogP contribution in [-0.2, 0) is 0 Å². The number of anilines is 1. The summed E-state index contributed by atoms with van der Waals surface area (Å²) in [4.78, 5) is 13.0. The molecule has 2 N–H and O–H groups in total. The minimum absolute atomic E-state index is 0.488. The Labute approximate surface area is 121 Å². The lowest BCUT2D eigenvalue weighted by Gasteiger charge is -2.08. The SMILES string of the molecule is Nc1nc(-c2cncc(Br)c2)nc(C2CC2)c1Br. The molecule has 0 radical (unpaired) electrons. The Hall–Kier alpha value is -1.01. The highest BCUT2D eigenvalue weighted by molar-refractivity contribution is 9.11. The van der Waals surface area contributed by atoms with Gasteiger partial charge in [-0.25, -0.2) is 9.97 Å². The van der Waals surface area contributed by atoms with E-state index in [1.165, 1.54) is 12.8 Å². The molecule has 3 rings (SSSR count). The van der Waals surface area contributed by atoms with Crippen molar-refractivity contribution in [2.75, 3.05) is 5.73 Å². The van der Waals surface area contributed by atoms with E-state index in [1.807, 2.05) is 6.07 Å². The zero-order valence-electron chi connectivity index (χ0n) is 9.40. The van der Waals surface area contributed by atoms with Crippen LogP contribution in [0, 0.1) is 0 Å². The standard InChI is InChI=1S/C12H10Br2N4/c13-8-3-7(4-16-5-8)12-17-10(6-1-2-6)9(14)11(15)18-12/h3-6H,1-2H2,(H2,15,17,18). The maximum absolute atomic E-state index is 5.93. The van der Waals surface area contributed by atoms with Crippen LogP contribution in [0.2, 0.25) is 0 Å². The molecule has 0 aromatic carbocycles. The molecular formula is C12H10Br2N4. The Bertz CT molecular complexity index is 611. The van der Waals surface area contributed by atoms with E-state index in [0.717, 1.165) is 20.2 Å². The van der Waals surface area contributed by atoms with Crippen molar-refractivity contribution < 1.29 is 0 Å². The van der Waals surface area contributed by atoms with E-state index in [2.05, 4.69) is 46.8 Å². The van der Waals surface area contributed by atoms with Crippen molar-refractivity contribution in [2.45, 2.75) is 18.8 Å². The first-order valence-electron chi connectivity index (χ1n) is 5.59. The molecule has 2 aromatic heterocycles. The third-order valence-electron chi connectivity index (χ3n) is 2.83. The van der Waals surface area contributed by atoms with E-state index in [1.54, 1.807) is 12.4 Å². The number of pyridine rings is 1. The number of rotatable bonds is 2. The average Bonchev–Trinajstić information content (AvgIpc) is 3.16. The topological polar surface area (TPSA) is 64.7 Å². The predicted octanol–water partition coefficient (Wildman–Crippen LogP) is 3.52. The fraction of sp³-hybridized carbons (Fsp3) is 0.250. The summed E-state index contributed by atoms with van der Waals surface area (Å²) >= 11 is 6.86. The van der Waals surface area contributed by atoms with Gasteiger partial charge in [0.05, 0.1) is 10.2 Å². The van der Waals surface area contributed by atoms with Crippen LogP contribution in [-0.4, -0.2) is 15.0 Å². The number of nitrogens with two attached hydrogens (primary N) is 1. The molecule has 1 fully saturated rings. The lowest BCUT2D eigenvalue weighted by molar-refractivity contribution is 0.983. The third-order valence-corrected chi connectivity index (χ3v) is 4.08. The molecule has 1 aliphatic carbocycles. The van der Waals surface area contributed by atoms with Crippen LogP contribution in [0.4, 0.5) is 5.82 Å². The van der Waals surface area contributed by atoms with E-state index >= 15 is 0 Å². The van der Waals surface area contributed by atoms with Crippen molar-refractivity contribution in [3.05, 3.63) is 33.1 Å². The van der Waals surface area contributed by atoms with Crippen molar-refractivity contribution in [3.63, 3.8) is 0 Å². The monoisotopic (exact) mass is 368 g/mol. The molecule has 0 spiro atoms. The quantitative estimate of drug-likeness (QED) is 0.879. The third kappa shape index (κ3) is 2.27. The van der Waals surface area contributed by atoms with Gasteiger partial charge >= 0.3 is 0 Å². The highest BCUT2D eigenvalue weighted by atomic mass is 79.9. The zero-order valence-corrected chi connectivity index (χ0v) is 12.6. The van der Waals surface area contributed by atoms with E-state index in [0.29, 0.717) is 17.6 Å². The summed E-state index contributed by atoms with van der Waals surface area (Å²) in [5.74, 6) is 1.64. The summed E-state index contributed by atoms with van der Waals surface area (Å²) < 4.78 is 1.73. The molecule has 0 saturated heterocycles. The first-order valence-corrected chi connectivity index (χ1v) is 7.17. The molecule has 0 amide bonds. The van der Waals surface area contributed by atoms with Crippen LogP contribution in [0.3, 0.4) is 0 Å². The van der Waals surface area contributed by atoms with E-state index in [4.69, 9.17) is 5.73 Å². The molecular weight excluding hydrogens is 360 g/mol. The van der Waals surface area contributed by atoms with Gasteiger partial charge in [0.25, 0.3) is 0 Å². The minimum atomic E-state index is 0.488. The van der Waals surface area contributed by atoms with Crippen LogP contribution in [0.25, 0.3) is 11.4 Å². The van der Waals surface area contributed by atoms with Crippen molar-refractivity contribution >= 4 is 37.7 Å². The number of hydrogen-bond donors (Lipinski definition) is 1. The molecule has 2 aromatic rings.